The van der Waals surface area contributed by atoms with Gasteiger partial charge in [0.25, 0.3) is 0 Å². The number of hydrogen-bond donors (Lipinski definition) is 1. The number of hydrogen-bond acceptors (Lipinski definition) is 4. The van der Waals surface area contributed by atoms with Gasteiger partial charge in [-0.2, -0.15) is 21.6 Å². The molecule has 0 aromatic carbocycles. The highest BCUT2D eigenvalue weighted by Crippen LogP contribution is 2.29. The zero-order chi connectivity index (χ0) is 15.4. The highest BCUT2D eigenvalue weighted by Gasteiger charge is 2.44. The predicted octanol–water partition coefficient (Wildman–Crippen LogP) is 2.24. The van der Waals surface area contributed by atoms with Crippen molar-refractivity contribution in [2.24, 2.45) is 0 Å². The number of rotatable bonds is 1. The van der Waals surface area contributed by atoms with Crippen LogP contribution in [-0.2, 0) is 10.1 Å². The summed E-state index contributed by atoms with van der Waals surface area (Å²) in [4.78, 5) is 6.54. The Bertz CT molecular complexity index is 519. The smallest absolute Gasteiger partial charge is 0.299 e. The van der Waals surface area contributed by atoms with Crippen molar-refractivity contribution in [2.75, 3.05) is 13.6 Å². The van der Waals surface area contributed by atoms with Crippen molar-refractivity contribution in [3.63, 3.8) is 0 Å². The average Bonchev–Trinajstić information content (AvgIpc) is 2.75. The van der Waals surface area contributed by atoms with Crippen LogP contribution >= 0.6 is 0 Å². The van der Waals surface area contributed by atoms with Gasteiger partial charge in [0.2, 0.25) is 0 Å². The van der Waals surface area contributed by atoms with Crippen LogP contribution in [0.25, 0.3) is 0 Å². The molecule has 1 aliphatic heterocycles. The third-order valence-corrected chi connectivity index (χ3v) is 3.47. The summed E-state index contributed by atoms with van der Waals surface area (Å²) in [6.45, 7) is 1.22. The quantitative estimate of drug-likeness (QED) is 0.636. The van der Waals surface area contributed by atoms with Crippen LogP contribution in [0.3, 0.4) is 0 Å². The van der Waals surface area contributed by atoms with Crippen LogP contribution in [0.2, 0.25) is 0 Å². The predicted molar refractivity (Wildman–Crippen MR) is 66.4 cm³/mol. The van der Waals surface area contributed by atoms with Crippen molar-refractivity contribution in [3.8, 4) is 0 Å². The lowest BCUT2D eigenvalue weighted by Gasteiger charge is -2.18. The summed E-state index contributed by atoms with van der Waals surface area (Å²) in [5, 5.41) is 0. The zero-order valence-corrected chi connectivity index (χ0v) is 11.5. The molecule has 0 bridgehead atoms. The second-order valence-electron chi connectivity index (χ2n) is 4.35. The van der Waals surface area contributed by atoms with E-state index < -0.39 is 15.6 Å². The molecule has 0 saturated carbocycles. The molecule has 0 unspecified atom stereocenters. The van der Waals surface area contributed by atoms with Gasteiger partial charge >= 0.3 is 15.6 Å². The van der Waals surface area contributed by atoms with Crippen molar-refractivity contribution >= 4 is 10.1 Å². The summed E-state index contributed by atoms with van der Waals surface area (Å²) in [6, 6.07) is 4.79. The minimum atomic E-state index is -5.84. The van der Waals surface area contributed by atoms with Crippen LogP contribution in [0.15, 0.2) is 24.5 Å². The highest BCUT2D eigenvalue weighted by atomic mass is 32.2. The lowest BCUT2D eigenvalue weighted by atomic mass is 10.1. The second-order valence-corrected chi connectivity index (χ2v) is 5.76. The fraction of sp³-hybridized carbons (Fsp3) is 0.545. The molecule has 0 radical (unpaired) electrons. The molecule has 2 heterocycles. The van der Waals surface area contributed by atoms with E-state index in [-0.39, 0.29) is 0 Å². The van der Waals surface area contributed by atoms with E-state index >= 15 is 0 Å². The molecule has 1 aromatic rings. The molecule has 1 aliphatic rings. The molecule has 9 heteroatoms. The van der Waals surface area contributed by atoms with Crippen LogP contribution in [0, 0.1) is 0 Å². The van der Waals surface area contributed by atoms with E-state index in [0.29, 0.717) is 6.04 Å². The molecular weight excluding hydrogens is 297 g/mol. The van der Waals surface area contributed by atoms with Gasteiger partial charge in [0.15, 0.2) is 0 Å². The van der Waals surface area contributed by atoms with Crippen molar-refractivity contribution in [3.05, 3.63) is 30.1 Å². The highest BCUT2D eigenvalue weighted by molar-refractivity contribution is 7.86. The van der Waals surface area contributed by atoms with E-state index in [1.165, 1.54) is 24.9 Å². The first-order chi connectivity index (χ1) is 9.13. The van der Waals surface area contributed by atoms with Crippen molar-refractivity contribution < 1.29 is 26.1 Å². The Hall–Kier alpha value is -1.19. The Labute approximate surface area is 115 Å². The summed E-state index contributed by atoms with van der Waals surface area (Å²) in [5.74, 6) is 0. The van der Waals surface area contributed by atoms with Crippen LogP contribution in [0.4, 0.5) is 13.2 Å². The first-order valence-electron chi connectivity index (χ1n) is 5.77. The molecule has 1 atom stereocenters. The van der Waals surface area contributed by atoms with Crippen molar-refractivity contribution in [1.82, 2.24) is 9.88 Å². The number of alkyl halides is 3. The van der Waals surface area contributed by atoms with E-state index in [1.807, 2.05) is 18.5 Å². The molecule has 5 nitrogen and oxygen atoms in total. The lowest BCUT2D eigenvalue weighted by Crippen LogP contribution is -2.21. The van der Waals surface area contributed by atoms with E-state index in [4.69, 9.17) is 13.0 Å². The van der Waals surface area contributed by atoms with Crippen LogP contribution in [0.5, 0.6) is 0 Å². The van der Waals surface area contributed by atoms with Gasteiger partial charge in [-0.25, -0.2) is 0 Å². The summed E-state index contributed by atoms with van der Waals surface area (Å²) in [6.07, 6.45) is 6.41. The molecule has 1 N–H and O–H groups in total. The van der Waals surface area contributed by atoms with Gasteiger partial charge in [-0.3, -0.25) is 14.4 Å². The Morgan fingerprint density at radius 1 is 1.45 bits per heavy atom. The fourth-order valence-electron chi connectivity index (χ4n) is 1.90. The molecular formula is C11H15F3N2O3S. The van der Waals surface area contributed by atoms with E-state index in [2.05, 4.69) is 23.0 Å². The van der Waals surface area contributed by atoms with E-state index in [9.17, 15) is 13.2 Å². The third kappa shape index (κ3) is 4.73. The maximum absolute atomic E-state index is 10.7. The third-order valence-electron chi connectivity index (χ3n) is 2.88. The number of pyridine rings is 1. The Morgan fingerprint density at radius 2 is 2.05 bits per heavy atom. The number of aromatic nitrogens is 1. The summed E-state index contributed by atoms with van der Waals surface area (Å²) in [7, 11) is -3.66. The van der Waals surface area contributed by atoms with Gasteiger partial charge < -0.3 is 0 Å². The summed E-state index contributed by atoms with van der Waals surface area (Å²) < 4.78 is 57.5. The van der Waals surface area contributed by atoms with Crippen LogP contribution in [-0.4, -0.2) is 42.0 Å². The maximum Gasteiger partial charge on any atom is 0.522 e. The minimum absolute atomic E-state index is 0.610. The average molecular weight is 312 g/mol. The molecule has 1 saturated heterocycles. The number of likely N-dealkylation sites (tertiary alicyclic amines) is 1. The Kier molecular flexibility index (Phi) is 5.49. The first kappa shape index (κ1) is 16.9. The summed E-state index contributed by atoms with van der Waals surface area (Å²) in [5.41, 5.74) is -4.18. The standard InChI is InChI=1S/C10H14N2.CHF3O3S/c1-12-7-3-5-10(12)9-4-2-6-11-8-9;2-1(3,4)8(5,6)7/h2,4,6,8,10H,3,5,7H2,1H3;(H,5,6,7)/t10-;/m0./s1. The monoisotopic (exact) mass is 312 g/mol. The van der Waals surface area contributed by atoms with Gasteiger partial charge in [0.1, 0.15) is 0 Å². The number of halogens is 3. The molecule has 114 valence electrons. The maximum atomic E-state index is 10.7. The van der Waals surface area contributed by atoms with Crippen molar-refractivity contribution in [2.45, 2.75) is 24.4 Å². The van der Waals surface area contributed by atoms with Crippen LogP contribution < -0.4 is 0 Å². The van der Waals surface area contributed by atoms with Gasteiger partial charge in [-0.1, -0.05) is 6.07 Å². The first-order valence-corrected chi connectivity index (χ1v) is 7.21. The lowest BCUT2D eigenvalue weighted by molar-refractivity contribution is -0.0510. The summed E-state index contributed by atoms with van der Waals surface area (Å²) >= 11 is 0. The second kappa shape index (κ2) is 6.51. The van der Waals surface area contributed by atoms with Crippen LogP contribution in [0.1, 0.15) is 24.4 Å². The minimum Gasteiger partial charge on any atom is -0.299 e. The van der Waals surface area contributed by atoms with Crippen molar-refractivity contribution in [1.29, 1.82) is 0 Å². The largest absolute Gasteiger partial charge is 0.522 e. The van der Waals surface area contributed by atoms with Gasteiger partial charge in [0, 0.05) is 18.4 Å². The van der Waals surface area contributed by atoms with Gasteiger partial charge in [-0.15, -0.1) is 0 Å². The molecule has 20 heavy (non-hydrogen) atoms. The SMILES string of the molecule is CN1CCC[C@H]1c1cccnc1.O=S(=O)(O)C(F)(F)F. The molecule has 2 rings (SSSR count). The van der Waals surface area contributed by atoms with E-state index in [0.717, 1.165) is 0 Å². The fourth-order valence-corrected chi connectivity index (χ4v) is 1.90. The Balaban J connectivity index is 0.000000221. The molecule has 0 aliphatic carbocycles. The molecule has 1 aromatic heterocycles. The number of nitrogens with zero attached hydrogens (tertiary/aromatic N) is 2. The van der Waals surface area contributed by atoms with Gasteiger partial charge in [0.05, 0.1) is 0 Å². The molecule has 1 fully saturated rings. The molecule has 0 amide bonds. The topological polar surface area (TPSA) is 70.5 Å². The van der Waals surface area contributed by atoms with Gasteiger partial charge in [-0.05, 0) is 38.1 Å². The molecule has 0 spiro atoms. The normalized spacial score (nSPS) is 20.4. The Morgan fingerprint density at radius 3 is 2.40 bits per heavy atom. The zero-order valence-electron chi connectivity index (χ0n) is 10.7. The van der Waals surface area contributed by atoms with E-state index in [1.54, 1.807) is 0 Å².